The highest BCUT2D eigenvalue weighted by molar-refractivity contribution is 6.31. The van der Waals surface area contributed by atoms with E-state index < -0.39 is 11.2 Å². The number of nitrogens with two attached hydrogens (primary N) is 1. The fraction of sp³-hybridized carbons (Fsp3) is 0.292. The van der Waals surface area contributed by atoms with E-state index in [1.807, 2.05) is 10.6 Å². The van der Waals surface area contributed by atoms with Crippen molar-refractivity contribution in [1.29, 1.82) is 0 Å². The summed E-state index contributed by atoms with van der Waals surface area (Å²) in [4.78, 5) is 31.4. The number of anilines is 2. The maximum atomic E-state index is 14.4. The van der Waals surface area contributed by atoms with Crippen LogP contribution in [-0.4, -0.2) is 30.2 Å². The smallest absolute Gasteiger partial charge is 0.240 e. The summed E-state index contributed by atoms with van der Waals surface area (Å²) in [7, 11) is 0. The van der Waals surface area contributed by atoms with E-state index in [0.29, 0.717) is 22.4 Å². The minimum atomic E-state index is -1.28. The summed E-state index contributed by atoms with van der Waals surface area (Å²) in [5, 5.41) is 2.82. The molecule has 4 heterocycles. The van der Waals surface area contributed by atoms with Crippen LogP contribution in [0.5, 0.6) is 0 Å². The first-order valence-corrected chi connectivity index (χ1v) is 11.4. The van der Waals surface area contributed by atoms with E-state index in [1.165, 1.54) is 6.07 Å². The molecule has 1 amide bonds. The van der Waals surface area contributed by atoms with Crippen molar-refractivity contribution in [2.75, 3.05) is 11.1 Å². The van der Waals surface area contributed by atoms with Crippen molar-refractivity contribution < 1.29 is 9.18 Å². The molecule has 0 saturated carbocycles. The number of carbonyl (C=O) groups is 1. The molecule has 1 atom stereocenters. The molecule has 1 aliphatic rings. The number of halogens is 2. The number of imidazole rings is 1. The van der Waals surface area contributed by atoms with Gasteiger partial charge < -0.3 is 15.5 Å². The van der Waals surface area contributed by atoms with Crippen molar-refractivity contribution in [3.8, 4) is 11.5 Å². The van der Waals surface area contributed by atoms with Gasteiger partial charge in [0, 0.05) is 18.6 Å². The van der Waals surface area contributed by atoms with Crippen LogP contribution in [0.25, 0.3) is 17.2 Å². The maximum absolute atomic E-state index is 14.4. The number of unbranched alkanes of at least 4 members (excludes halogenated alkanes) is 1. The van der Waals surface area contributed by atoms with Crippen molar-refractivity contribution in [2.24, 2.45) is 0 Å². The van der Waals surface area contributed by atoms with Crippen molar-refractivity contribution in [3.05, 3.63) is 63.9 Å². The summed E-state index contributed by atoms with van der Waals surface area (Å²) < 4.78 is 16.3. The topological polar surface area (TPSA) is 111 Å². The molecule has 4 aromatic rings. The number of aryl methyl sites for hydroxylation is 2. The molecule has 0 aliphatic carbocycles. The minimum Gasteiger partial charge on any atom is -0.383 e. The first-order chi connectivity index (χ1) is 16.2. The molecular formula is C24H23ClFN7O. The predicted octanol–water partition coefficient (Wildman–Crippen LogP) is 4.47. The van der Waals surface area contributed by atoms with E-state index in [2.05, 4.69) is 27.2 Å². The lowest BCUT2D eigenvalue weighted by atomic mass is 9.77. The van der Waals surface area contributed by atoms with Crippen LogP contribution in [0.2, 0.25) is 5.02 Å². The van der Waals surface area contributed by atoms with Gasteiger partial charge >= 0.3 is 0 Å². The number of hydrogen-bond donors (Lipinski definition) is 2. The average Bonchev–Trinajstić information content (AvgIpc) is 3.38. The number of carbonyl (C=O) groups excluding carboxylic acids is 1. The Morgan fingerprint density at radius 1 is 1.26 bits per heavy atom. The number of amides is 1. The second kappa shape index (κ2) is 8.02. The summed E-state index contributed by atoms with van der Waals surface area (Å²) in [6, 6.07) is 2.94. The highest BCUT2D eigenvalue weighted by atomic mass is 35.5. The summed E-state index contributed by atoms with van der Waals surface area (Å²) in [6.45, 7) is 5.47. The zero-order chi connectivity index (χ0) is 24.2. The molecule has 5 rings (SSSR count). The van der Waals surface area contributed by atoms with Crippen molar-refractivity contribution in [3.63, 3.8) is 0 Å². The maximum Gasteiger partial charge on any atom is 0.240 e. The molecule has 174 valence electrons. The molecule has 1 aromatic carbocycles. The molecule has 0 radical (unpaired) electrons. The van der Waals surface area contributed by atoms with E-state index in [-0.39, 0.29) is 28.4 Å². The van der Waals surface area contributed by atoms with Gasteiger partial charge in [-0.3, -0.25) is 4.79 Å². The average molecular weight is 480 g/mol. The molecule has 1 unspecified atom stereocenters. The fourth-order valence-electron chi connectivity index (χ4n) is 4.43. The first kappa shape index (κ1) is 22.2. The number of nitrogens with one attached hydrogen (secondary N) is 1. The molecule has 1 aliphatic heterocycles. The molecule has 34 heavy (non-hydrogen) atoms. The van der Waals surface area contributed by atoms with Gasteiger partial charge in [0.1, 0.15) is 28.6 Å². The molecule has 0 bridgehead atoms. The molecule has 0 fully saturated rings. The summed E-state index contributed by atoms with van der Waals surface area (Å²) in [6.07, 6.45) is 8.10. The van der Waals surface area contributed by atoms with Gasteiger partial charge in [0.05, 0.1) is 16.3 Å². The Morgan fingerprint density at radius 2 is 2.06 bits per heavy atom. The SMILES string of the molecule is CCCCc1nc(-c2nc(N)c3c(n2)NC(=O)C3(C)c2cc(C)c(Cl)c(F)c2)cn2ccnc12. The Kier molecular flexibility index (Phi) is 5.24. The van der Waals surface area contributed by atoms with Crippen LogP contribution in [-0.2, 0) is 16.6 Å². The van der Waals surface area contributed by atoms with Crippen LogP contribution < -0.4 is 11.1 Å². The normalized spacial score (nSPS) is 17.3. The van der Waals surface area contributed by atoms with Crippen LogP contribution in [0.4, 0.5) is 16.0 Å². The third kappa shape index (κ3) is 3.30. The third-order valence-electron chi connectivity index (χ3n) is 6.35. The van der Waals surface area contributed by atoms with Crippen molar-refractivity contribution in [2.45, 2.75) is 45.4 Å². The van der Waals surface area contributed by atoms with Crippen LogP contribution in [0, 0.1) is 12.7 Å². The quantitative estimate of drug-likeness (QED) is 0.437. The number of fused-ring (bicyclic) bond motifs is 2. The van der Waals surface area contributed by atoms with E-state index in [9.17, 15) is 9.18 Å². The van der Waals surface area contributed by atoms with Gasteiger partial charge in [0.15, 0.2) is 11.5 Å². The monoisotopic (exact) mass is 479 g/mol. The summed E-state index contributed by atoms with van der Waals surface area (Å²) in [5.74, 6) is -0.286. The molecule has 8 nitrogen and oxygen atoms in total. The van der Waals surface area contributed by atoms with Crippen LogP contribution in [0.15, 0.2) is 30.7 Å². The highest BCUT2D eigenvalue weighted by Crippen LogP contribution is 2.45. The van der Waals surface area contributed by atoms with E-state index in [1.54, 1.807) is 32.3 Å². The molecule has 0 spiro atoms. The van der Waals surface area contributed by atoms with Crippen molar-refractivity contribution in [1.82, 2.24) is 24.3 Å². The molecule has 0 saturated heterocycles. The van der Waals surface area contributed by atoms with Crippen LogP contribution in [0.3, 0.4) is 0 Å². The molecule has 3 aromatic heterocycles. The van der Waals surface area contributed by atoms with E-state index in [4.69, 9.17) is 22.3 Å². The largest absolute Gasteiger partial charge is 0.383 e. The van der Waals surface area contributed by atoms with Gasteiger partial charge in [-0.1, -0.05) is 31.0 Å². The standard InChI is InChI=1S/C24H23ClFN7O/c1-4-5-6-15-22-28-7-8-33(22)11-16(29-15)20-30-19(27)17-21(31-20)32-23(34)24(17,3)13-9-12(2)18(25)14(26)10-13/h7-11H,4-6H2,1-3H3,(H3,27,30,31,32,34). The number of hydrogen-bond acceptors (Lipinski definition) is 6. The lowest BCUT2D eigenvalue weighted by molar-refractivity contribution is -0.119. The number of rotatable bonds is 5. The second-order valence-corrected chi connectivity index (χ2v) is 9.04. The summed E-state index contributed by atoms with van der Waals surface area (Å²) in [5.41, 5.74) is 8.60. The second-order valence-electron chi connectivity index (χ2n) is 8.66. The zero-order valence-electron chi connectivity index (χ0n) is 19.0. The Morgan fingerprint density at radius 3 is 2.79 bits per heavy atom. The Balaban J connectivity index is 1.65. The minimum absolute atomic E-state index is 0.0189. The van der Waals surface area contributed by atoms with Gasteiger partial charge in [-0.2, -0.15) is 0 Å². The molecular weight excluding hydrogens is 457 g/mol. The number of aromatic nitrogens is 5. The Labute approximate surface area is 200 Å². The predicted molar refractivity (Wildman–Crippen MR) is 128 cm³/mol. The van der Waals surface area contributed by atoms with Gasteiger partial charge in [0.2, 0.25) is 5.91 Å². The molecule has 10 heteroatoms. The third-order valence-corrected chi connectivity index (χ3v) is 6.83. The fourth-order valence-corrected chi connectivity index (χ4v) is 4.54. The number of nitrogens with zero attached hydrogens (tertiary/aromatic N) is 5. The van der Waals surface area contributed by atoms with Gasteiger partial charge in [-0.25, -0.2) is 24.3 Å². The number of nitrogen functional groups attached to an aromatic ring is 1. The Bertz CT molecular complexity index is 1440. The van der Waals surface area contributed by atoms with Gasteiger partial charge in [-0.15, -0.1) is 0 Å². The van der Waals surface area contributed by atoms with Crippen LogP contribution in [0.1, 0.15) is 49.1 Å². The molecule has 3 N–H and O–H groups in total. The Hall–Kier alpha value is -3.59. The van der Waals surface area contributed by atoms with Gasteiger partial charge in [-0.05, 0) is 43.9 Å². The lowest BCUT2D eigenvalue weighted by Gasteiger charge is -2.24. The lowest BCUT2D eigenvalue weighted by Crippen LogP contribution is -2.33. The summed E-state index contributed by atoms with van der Waals surface area (Å²) >= 11 is 6.00. The highest BCUT2D eigenvalue weighted by Gasteiger charge is 2.48. The number of benzene rings is 1. The van der Waals surface area contributed by atoms with E-state index >= 15 is 0 Å². The zero-order valence-corrected chi connectivity index (χ0v) is 19.7. The van der Waals surface area contributed by atoms with Crippen molar-refractivity contribution >= 4 is 34.8 Å². The van der Waals surface area contributed by atoms with Crippen LogP contribution >= 0.6 is 11.6 Å². The first-order valence-electron chi connectivity index (χ1n) is 11.0. The van der Waals surface area contributed by atoms with Gasteiger partial charge in [0.25, 0.3) is 0 Å². The van der Waals surface area contributed by atoms with E-state index in [0.717, 1.165) is 30.6 Å².